The van der Waals surface area contributed by atoms with Gasteiger partial charge in [-0.1, -0.05) is 31.2 Å². The number of aromatic nitrogens is 1. The highest BCUT2D eigenvalue weighted by Crippen LogP contribution is 2.22. The van der Waals surface area contributed by atoms with Gasteiger partial charge in [-0.25, -0.2) is 0 Å². The van der Waals surface area contributed by atoms with Gasteiger partial charge in [-0.15, -0.1) is 0 Å². The van der Waals surface area contributed by atoms with Crippen molar-refractivity contribution >= 4 is 15.9 Å². The molecule has 0 aliphatic heterocycles. The van der Waals surface area contributed by atoms with Crippen molar-refractivity contribution in [1.29, 1.82) is 0 Å². The average molecular weight is 292 g/mol. The minimum absolute atomic E-state index is 0.658. The summed E-state index contributed by atoms with van der Waals surface area (Å²) in [6, 6.07) is 11.7. The Hall–Kier alpha value is -1.19. The van der Waals surface area contributed by atoms with E-state index in [-0.39, 0.29) is 0 Å². The number of benzene rings is 1. The molecule has 0 bridgehead atoms. The zero-order valence-corrected chi connectivity index (χ0v) is 11.2. The standard InChI is InChI=1S/C14H14BrNO/c1-2-10-4-3-5-11(8-10)14(17)13-7-6-12(15)9-16-13/h3-9,14,17H,2H2,1H3. The molecule has 2 nitrogen and oxygen atoms in total. The number of halogens is 1. The van der Waals surface area contributed by atoms with Gasteiger partial charge in [0, 0.05) is 10.7 Å². The Morgan fingerprint density at radius 3 is 2.76 bits per heavy atom. The molecular formula is C14H14BrNO. The van der Waals surface area contributed by atoms with Crippen LogP contribution in [0.4, 0.5) is 0 Å². The van der Waals surface area contributed by atoms with Crippen molar-refractivity contribution in [3.05, 3.63) is 63.9 Å². The molecule has 2 aromatic rings. The number of hydrogen-bond acceptors (Lipinski definition) is 2. The minimum atomic E-state index is -0.658. The van der Waals surface area contributed by atoms with Gasteiger partial charge in [-0.2, -0.15) is 0 Å². The molecule has 0 aliphatic rings. The van der Waals surface area contributed by atoms with Crippen LogP contribution >= 0.6 is 15.9 Å². The van der Waals surface area contributed by atoms with E-state index in [1.165, 1.54) is 5.56 Å². The predicted molar refractivity (Wildman–Crippen MR) is 71.8 cm³/mol. The number of aliphatic hydroxyl groups is 1. The zero-order valence-electron chi connectivity index (χ0n) is 9.60. The van der Waals surface area contributed by atoms with E-state index in [1.54, 1.807) is 6.20 Å². The number of nitrogens with zero attached hydrogens (tertiary/aromatic N) is 1. The van der Waals surface area contributed by atoms with Crippen LogP contribution in [-0.2, 0) is 6.42 Å². The monoisotopic (exact) mass is 291 g/mol. The van der Waals surface area contributed by atoms with Gasteiger partial charge in [0.25, 0.3) is 0 Å². The zero-order chi connectivity index (χ0) is 12.3. The highest BCUT2D eigenvalue weighted by Gasteiger charge is 2.11. The molecule has 1 N–H and O–H groups in total. The van der Waals surface area contributed by atoms with Crippen molar-refractivity contribution in [3.8, 4) is 0 Å². The summed E-state index contributed by atoms with van der Waals surface area (Å²) in [5.41, 5.74) is 2.78. The average Bonchev–Trinajstić information content (AvgIpc) is 2.39. The fourth-order valence-electron chi connectivity index (χ4n) is 1.70. The molecule has 0 saturated carbocycles. The molecule has 0 aliphatic carbocycles. The Morgan fingerprint density at radius 1 is 1.29 bits per heavy atom. The first-order valence-electron chi connectivity index (χ1n) is 5.59. The van der Waals surface area contributed by atoms with Crippen molar-refractivity contribution in [2.24, 2.45) is 0 Å². The number of aliphatic hydroxyl groups excluding tert-OH is 1. The maximum absolute atomic E-state index is 10.2. The normalized spacial score (nSPS) is 12.4. The predicted octanol–water partition coefficient (Wildman–Crippen LogP) is 3.49. The van der Waals surface area contributed by atoms with Crippen LogP contribution in [-0.4, -0.2) is 10.1 Å². The number of rotatable bonds is 3. The molecule has 3 heteroatoms. The van der Waals surface area contributed by atoms with Crippen LogP contribution in [0.5, 0.6) is 0 Å². The summed E-state index contributed by atoms with van der Waals surface area (Å²) in [6.07, 6.45) is 2.01. The fraction of sp³-hybridized carbons (Fsp3) is 0.214. The fourth-order valence-corrected chi connectivity index (χ4v) is 1.94. The van der Waals surface area contributed by atoms with E-state index in [0.717, 1.165) is 16.5 Å². The molecule has 2 rings (SSSR count). The maximum atomic E-state index is 10.2. The molecule has 88 valence electrons. The molecular weight excluding hydrogens is 278 g/mol. The summed E-state index contributed by atoms with van der Waals surface area (Å²) in [6.45, 7) is 2.10. The lowest BCUT2D eigenvalue weighted by Crippen LogP contribution is -2.02. The van der Waals surface area contributed by atoms with Crippen molar-refractivity contribution in [3.63, 3.8) is 0 Å². The Morgan fingerprint density at radius 2 is 2.12 bits per heavy atom. The van der Waals surface area contributed by atoms with Gasteiger partial charge in [-0.05, 0) is 45.6 Å². The Kier molecular flexibility index (Phi) is 3.92. The van der Waals surface area contributed by atoms with Crippen LogP contribution in [0.3, 0.4) is 0 Å². The smallest absolute Gasteiger partial charge is 0.121 e. The third-order valence-electron chi connectivity index (χ3n) is 2.71. The molecule has 1 aromatic carbocycles. The Balaban J connectivity index is 2.29. The SMILES string of the molecule is CCc1cccc(C(O)c2ccc(Br)cn2)c1. The lowest BCUT2D eigenvalue weighted by molar-refractivity contribution is 0.215. The topological polar surface area (TPSA) is 33.1 Å². The molecule has 0 spiro atoms. The van der Waals surface area contributed by atoms with E-state index in [2.05, 4.69) is 33.9 Å². The first-order valence-corrected chi connectivity index (χ1v) is 6.38. The summed E-state index contributed by atoms with van der Waals surface area (Å²) >= 11 is 3.33. The van der Waals surface area contributed by atoms with E-state index in [0.29, 0.717) is 5.69 Å². The van der Waals surface area contributed by atoms with Gasteiger partial charge in [0.2, 0.25) is 0 Å². The highest BCUT2D eigenvalue weighted by molar-refractivity contribution is 9.10. The van der Waals surface area contributed by atoms with E-state index in [1.807, 2.05) is 30.3 Å². The summed E-state index contributed by atoms with van der Waals surface area (Å²) in [4.78, 5) is 4.21. The number of pyridine rings is 1. The van der Waals surface area contributed by atoms with Crippen molar-refractivity contribution in [2.45, 2.75) is 19.4 Å². The lowest BCUT2D eigenvalue weighted by atomic mass is 10.0. The Bertz CT molecular complexity index is 496. The van der Waals surface area contributed by atoms with Crippen LogP contribution in [0.15, 0.2) is 47.1 Å². The van der Waals surface area contributed by atoms with Gasteiger partial charge in [0.1, 0.15) is 6.10 Å². The van der Waals surface area contributed by atoms with Gasteiger partial charge in [0.05, 0.1) is 5.69 Å². The van der Waals surface area contributed by atoms with Gasteiger partial charge >= 0.3 is 0 Å². The van der Waals surface area contributed by atoms with Gasteiger partial charge in [-0.3, -0.25) is 4.98 Å². The van der Waals surface area contributed by atoms with Gasteiger partial charge < -0.3 is 5.11 Å². The molecule has 1 aromatic heterocycles. The van der Waals surface area contributed by atoms with E-state index < -0.39 is 6.10 Å². The van der Waals surface area contributed by atoms with Crippen LogP contribution in [0.2, 0.25) is 0 Å². The molecule has 0 saturated heterocycles. The summed E-state index contributed by atoms with van der Waals surface area (Å²) in [5, 5.41) is 10.2. The molecule has 1 heterocycles. The second kappa shape index (κ2) is 5.43. The molecule has 1 atom stereocenters. The third kappa shape index (κ3) is 2.93. The number of hydrogen-bond donors (Lipinski definition) is 1. The van der Waals surface area contributed by atoms with Crippen LogP contribution in [0, 0.1) is 0 Å². The van der Waals surface area contributed by atoms with Crippen LogP contribution < -0.4 is 0 Å². The second-order valence-corrected chi connectivity index (χ2v) is 4.82. The summed E-state index contributed by atoms with van der Waals surface area (Å²) in [7, 11) is 0. The first kappa shape index (κ1) is 12.3. The maximum Gasteiger partial charge on any atom is 0.121 e. The second-order valence-electron chi connectivity index (χ2n) is 3.90. The molecule has 0 fully saturated rings. The summed E-state index contributed by atoms with van der Waals surface area (Å²) in [5.74, 6) is 0. The summed E-state index contributed by atoms with van der Waals surface area (Å²) < 4.78 is 0.913. The van der Waals surface area contributed by atoms with Gasteiger partial charge in [0.15, 0.2) is 0 Å². The molecule has 0 radical (unpaired) electrons. The quantitative estimate of drug-likeness (QED) is 0.939. The lowest BCUT2D eigenvalue weighted by Gasteiger charge is -2.11. The largest absolute Gasteiger partial charge is 0.382 e. The molecule has 1 unspecified atom stereocenters. The van der Waals surface area contributed by atoms with E-state index in [4.69, 9.17) is 0 Å². The number of aryl methyl sites for hydroxylation is 1. The highest BCUT2D eigenvalue weighted by atomic mass is 79.9. The van der Waals surface area contributed by atoms with E-state index in [9.17, 15) is 5.11 Å². The van der Waals surface area contributed by atoms with Crippen molar-refractivity contribution < 1.29 is 5.11 Å². The molecule has 17 heavy (non-hydrogen) atoms. The van der Waals surface area contributed by atoms with Crippen molar-refractivity contribution in [1.82, 2.24) is 4.98 Å². The van der Waals surface area contributed by atoms with Crippen molar-refractivity contribution in [2.75, 3.05) is 0 Å². The molecule has 0 amide bonds. The third-order valence-corrected chi connectivity index (χ3v) is 3.17. The first-order chi connectivity index (χ1) is 8.20. The van der Waals surface area contributed by atoms with Crippen LogP contribution in [0.1, 0.15) is 29.8 Å². The Labute approximate surface area is 109 Å². The van der Waals surface area contributed by atoms with Crippen LogP contribution in [0.25, 0.3) is 0 Å². The minimum Gasteiger partial charge on any atom is -0.382 e. The van der Waals surface area contributed by atoms with E-state index >= 15 is 0 Å².